The van der Waals surface area contributed by atoms with E-state index < -0.39 is 5.97 Å². The molecule has 0 aliphatic rings. The number of nitrogens with zero attached hydrogens (tertiary/aromatic N) is 2. The van der Waals surface area contributed by atoms with Crippen LogP contribution in [0.25, 0.3) is 5.52 Å². The van der Waals surface area contributed by atoms with E-state index in [0.717, 1.165) is 12.8 Å². The quantitative estimate of drug-likeness (QED) is 0.833. The van der Waals surface area contributed by atoms with Gasteiger partial charge in [0, 0.05) is 17.8 Å². The Morgan fingerprint density at radius 2 is 2.05 bits per heavy atom. The van der Waals surface area contributed by atoms with Gasteiger partial charge in [-0.1, -0.05) is 13.8 Å². The van der Waals surface area contributed by atoms with Crippen molar-refractivity contribution in [1.82, 2.24) is 9.61 Å². The van der Waals surface area contributed by atoms with Crippen molar-refractivity contribution in [1.29, 1.82) is 0 Å². The van der Waals surface area contributed by atoms with Crippen LogP contribution in [0.1, 0.15) is 44.0 Å². The number of amides is 1. The molecule has 0 aromatic carbocycles. The Balaban J connectivity index is 2.27. The summed E-state index contributed by atoms with van der Waals surface area (Å²) in [6.45, 7) is 6.05. The van der Waals surface area contributed by atoms with Gasteiger partial charge in [0.1, 0.15) is 5.56 Å². The molecule has 118 valence electrons. The molecule has 1 amide bonds. The first-order chi connectivity index (χ1) is 10.6. The van der Waals surface area contributed by atoms with Crippen LogP contribution in [0.3, 0.4) is 0 Å². The fourth-order valence-corrected chi connectivity index (χ4v) is 2.33. The second kappa shape index (κ2) is 7.06. The minimum atomic E-state index is -0.416. The summed E-state index contributed by atoms with van der Waals surface area (Å²) in [5.41, 5.74) is 1.65. The lowest BCUT2D eigenvalue weighted by atomic mass is 10.0. The van der Waals surface area contributed by atoms with E-state index in [0.29, 0.717) is 23.4 Å². The second-order valence-electron chi connectivity index (χ2n) is 5.03. The minimum absolute atomic E-state index is 0.00782. The van der Waals surface area contributed by atoms with Gasteiger partial charge >= 0.3 is 5.97 Å². The maximum Gasteiger partial charge on any atom is 0.341 e. The normalized spacial score (nSPS) is 10.9. The van der Waals surface area contributed by atoms with Crippen LogP contribution < -0.4 is 5.32 Å². The SMILES string of the molecule is CCOC(=O)c1cnn2ccc(NC(=O)C(CC)CC)cc12. The first kappa shape index (κ1) is 16.0. The van der Waals surface area contributed by atoms with Crippen LogP contribution in [-0.4, -0.2) is 28.1 Å². The molecule has 2 heterocycles. The number of hydrogen-bond donors (Lipinski definition) is 1. The van der Waals surface area contributed by atoms with Gasteiger partial charge in [-0.25, -0.2) is 9.31 Å². The largest absolute Gasteiger partial charge is 0.462 e. The average Bonchev–Trinajstić information content (AvgIpc) is 2.92. The summed E-state index contributed by atoms with van der Waals surface area (Å²) in [4.78, 5) is 24.0. The van der Waals surface area contributed by atoms with E-state index in [-0.39, 0.29) is 11.8 Å². The molecule has 2 aromatic heterocycles. The lowest BCUT2D eigenvalue weighted by molar-refractivity contribution is -0.120. The summed E-state index contributed by atoms with van der Waals surface area (Å²) in [7, 11) is 0. The van der Waals surface area contributed by atoms with Crippen LogP contribution in [0.2, 0.25) is 0 Å². The molecule has 0 aliphatic carbocycles. The zero-order valence-electron chi connectivity index (χ0n) is 13.1. The lowest BCUT2D eigenvalue weighted by Gasteiger charge is -2.13. The van der Waals surface area contributed by atoms with Gasteiger partial charge in [0.05, 0.1) is 18.3 Å². The number of pyridine rings is 1. The zero-order chi connectivity index (χ0) is 16.1. The van der Waals surface area contributed by atoms with Crippen LogP contribution in [0.4, 0.5) is 5.69 Å². The van der Waals surface area contributed by atoms with E-state index in [1.54, 1.807) is 29.8 Å². The Kier molecular flexibility index (Phi) is 5.14. The molecular formula is C16H21N3O3. The van der Waals surface area contributed by atoms with Gasteiger partial charge in [-0.3, -0.25) is 4.79 Å². The number of hydrogen-bond acceptors (Lipinski definition) is 4. The Bertz CT molecular complexity index is 674. The molecule has 0 atom stereocenters. The van der Waals surface area contributed by atoms with Gasteiger partial charge in [0.15, 0.2) is 0 Å². The molecule has 0 saturated heterocycles. The highest BCUT2D eigenvalue weighted by Crippen LogP contribution is 2.18. The van der Waals surface area contributed by atoms with E-state index in [1.807, 2.05) is 13.8 Å². The first-order valence-corrected chi connectivity index (χ1v) is 7.56. The highest BCUT2D eigenvalue weighted by molar-refractivity contribution is 5.98. The van der Waals surface area contributed by atoms with Gasteiger partial charge < -0.3 is 10.1 Å². The standard InChI is InChI=1S/C16H21N3O3/c1-4-11(5-2)15(20)18-12-7-8-19-14(9-12)13(10-17-19)16(21)22-6-3/h7-11H,4-6H2,1-3H3,(H,18,20). The predicted octanol–water partition coefficient (Wildman–Crippen LogP) is 2.89. The summed E-state index contributed by atoms with van der Waals surface area (Å²) in [6, 6.07) is 3.49. The van der Waals surface area contributed by atoms with Crippen molar-refractivity contribution in [2.75, 3.05) is 11.9 Å². The molecule has 0 radical (unpaired) electrons. The van der Waals surface area contributed by atoms with Crippen LogP contribution in [0.15, 0.2) is 24.5 Å². The Labute approximate surface area is 129 Å². The fraction of sp³-hybridized carbons (Fsp3) is 0.438. The smallest absolute Gasteiger partial charge is 0.341 e. The third-order valence-corrected chi connectivity index (χ3v) is 3.64. The number of rotatable bonds is 6. The van der Waals surface area contributed by atoms with Crippen molar-refractivity contribution in [2.45, 2.75) is 33.6 Å². The molecule has 0 saturated carbocycles. The molecule has 0 aliphatic heterocycles. The number of fused-ring (bicyclic) bond motifs is 1. The summed E-state index contributed by atoms with van der Waals surface area (Å²) < 4.78 is 6.59. The topological polar surface area (TPSA) is 72.7 Å². The molecule has 2 aromatic rings. The molecule has 6 heteroatoms. The monoisotopic (exact) mass is 303 g/mol. The summed E-state index contributed by atoms with van der Waals surface area (Å²) in [5.74, 6) is -0.432. The van der Waals surface area contributed by atoms with E-state index in [4.69, 9.17) is 4.74 Å². The van der Waals surface area contributed by atoms with Crippen molar-refractivity contribution in [2.24, 2.45) is 5.92 Å². The number of ether oxygens (including phenoxy) is 1. The molecule has 0 spiro atoms. The first-order valence-electron chi connectivity index (χ1n) is 7.56. The zero-order valence-corrected chi connectivity index (χ0v) is 13.1. The second-order valence-corrected chi connectivity index (χ2v) is 5.03. The molecule has 0 fully saturated rings. The van der Waals surface area contributed by atoms with Crippen LogP contribution in [-0.2, 0) is 9.53 Å². The molecule has 0 bridgehead atoms. The summed E-state index contributed by atoms with van der Waals surface area (Å²) >= 11 is 0. The van der Waals surface area contributed by atoms with Crippen molar-refractivity contribution in [3.8, 4) is 0 Å². The van der Waals surface area contributed by atoms with E-state index in [2.05, 4.69) is 10.4 Å². The number of aromatic nitrogens is 2. The Morgan fingerprint density at radius 1 is 1.32 bits per heavy atom. The van der Waals surface area contributed by atoms with Crippen LogP contribution >= 0.6 is 0 Å². The molecular weight excluding hydrogens is 282 g/mol. The molecule has 1 N–H and O–H groups in total. The number of anilines is 1. The number of carbonyl (C=O) groups excluding carboxylic acids is 2. The van der Waals surface area contributed by atoms with Crippen molar-refractivity contribution < 1.29 is 14.3 Å². The highest BCUT2D eigenvalue weighted by atomic mass is 16.5. The minimum Gasteiger partial charge on any atom is -0.462 e. The molecule has 6 nitrogen and oxygen atoms in total. The van der Waals surface area contributed by atoms with Crippen LogP contribution in [0.5, 0.6) is 0 Å². The number of nitrogens with one attached hydrogen (secondary N) is 1. The van der Waals surface area contributed by atoms with E-state index in [1.165, 1.54) is 6.20 Å². The Morgan fingerprint density at radius 3 is 2.68 bits per heavy atom. The molecule has 0 unspecified atom stereocenters. The number of carbonyl (C=O) groups is 2. The maximum absolute atomic E-state index is 12.1. The van der Waals surface area contributed by atoms with E-state index in [9.17, 15) is 9.59 Å². The maximum atomic E-state index is 12.1. The van der Waals surface area contributed by atoms with Crippen LogP contribution in [0, 0.1) is 5.92 Å². The highest BCUT2D eigenvalue weighted by Gasteiger charge is 2.17. The third kappa shape index (κ3) is 3.27. The summed E-state index contributed by atoms with van der Waals surface area (Å²) in [5, 5.41) is 7.00. The third-order valence-electron chi connectivity index (χ3n) is 3.64. The van der Waals surface area contributed by atoms with Crippen molar-refractivity contribution in [3.63, 3.8) is 0 Å². The van der Waals surface area contributed by atoms with E-state index >= 15 is 0 Å². The predicted molar refractivity (Wildman–Crippen MR) is 83.9 cm³/mol. The van der Waals surface area contributed by atoms with Crippen molar-refractivity contribution >= 4 is 23.1 Å². The van der Waals surface area contributed by atoms with Gasteiger partial charge in [-0.05, 0) is 31.9 Å². The lowest BCUT2D eigenvalue weighted by Crippen LogP contribution is -2.21. The molecule has 2 rings (SSSR count). The molecule has 22 heavy (non-hydrogen) atoms. The van der Waals surface area contributed by atoms with Gasteiger partial charge in [0.25, 0.3) is 0 Å². The van der Waals surface area contributed by atoms with Gasteiger partial charge in [-0.15, -0.1) is 0 Å². The summed E-state index contributed by atoms with van der Waals surface area (Å²) in [6.07, 6.45) is 4.77. The average molecular weight is 303 g/mol. The fourth-order valence-electron chi connectivity index (χ4n) is 2.33. The van der Waals surface area contributed by atoms with Gasteiger partial charge in [0.2, 0.25) is 5.91 Å². The van der Waals surface area contributed by atoms with Crippen molar-refractivity contribution in [3.05, 3.63) is 30.1 Å². The van der Waals surface area contributed by atoms with Gasteiger partial charge in [-0.2, -0.15) is 5.10 Å². The Hall–Kier alpha value is -2.37. The number of esters is 1.